The number of nitrogens with zero attached hydrogens (tertiary/aromatic N) is 3. The number of carbonyl (C=O) groups is 1. The minimum absolute atomic E-state index is 0.135. The molecule has 0 unspecified atom stereocenters. The number of rotatable bonds is 7. The van der Waals surface area contributed by atoms with Crippen LogP contribution in [0.3, 0.4) is 0 Å². The largest absolute Gasteiger partial charge is 0.468 e. The molecule has 0 saturated heterocycles. The molecule has 34 heavy (non-hydrogen) atoms. The quantitative estimate of drug-likeness (QED) is 0.450. The van der Waals surface area contributed by atoms with Crippen LogP contribution in [0.25, 0.3) is 16.7 Å². The van der Waals surface area contributed by atoms with Gasteiger partial charge in [-0.1, -0.05) is 30.7 Å². The molecule has 2 aromatic carbocycles. The highest BCUT2D eigenvalue weighted by atomic mass is 16.7. The predicted molar refractivity (Wildman–Crippen MR) is 128 cm³/mol. The lowest BCUT2D eigenvalue weighted by Crippen LogP contribution is -2.28. The summed E-state index contributed by atoms with van der Waals surface area (Å²) in [4.78, 5) is 17.1. The maximum absolute atomic E-state index is 12.4. The fourth-order valence-corrected chi connectivity index (χ4v) is 4.01. The fraction of sp³-hybridized carbons (Fsp3) is 0.269. The van der Waals surface area contributed by atoms with Gasteiger partial charge in [-0.2, -0.15) is 10.1 Å². The van der Waals surface area contributed by atoms with E-state index in [2.05, 4.69) is 12.2 Å². The Bertz CT molecular complexity index is 1360. The first kappa shape index (κ1) is 21.8. The number of aryl methyl sites for hydroxylation is 3. The van der Waals surface area contributed by atoms with E-state index in [0.29, 0.717) is 23.9 Å². The van der Waals surface area contributed by atoms with E-state index in [1.165, 1.54) is 5.56 Å². The molecule has 4 aromatic rings. The summed E-state index contributed by atoms with van der Waals surface area (Å²) in [6.07, 6.45) is 0.798. The predicted octanol–water partition coefficient (Wildman–Crippen LogP) is 4.02. The van der Waals surface area contributed by atoms with Crippen LogP contribution in [-0.4, -0.2) is 34.1 Å². The number of amides is 1. The van der Waals surface area contributed by atoms with Crippen LogP contribution in [0.1, 0.15) is 29.3 Å². The zero-order chi connectivity index (χ0) is 23.7. The van der Waals surface area contributed by atoms with Crippen LogP contribution in [0.2, 0.25) is 0 Å². The van der Waals surface area contributed by atoms with Crippen molar-refractivity contribution in [1.82, 2.24) is 20.1 Å². The van der Waals surface area contributed by atoms with E-state index in [-0.39, 0.29) is 19.3 Å². The minimum Gasteiger partial charge on any atom is -0.468 e. The summed E-state index contributed by atoms with van der Waals surface area (Å²) < 4.78 is 18.3. The molecule has 0 atom stereocenters. The standard InChI is InChI=1S/C26H26N4O4/c1-4-19-12-24(28-26-25(19)17(3)29-30(26)20-8-5-16(2)6-9-20)32-14-23(31)27-13-18-7-10-21-22(11-18)34-15-33-21/h5-12H,4,13-15H2,1-3H3,(H,27,31). The molecule has 5 rings (SSSR count). The molecule has 1 N–H and O–H groups in total. The molecule has 0 bridgehead atoms. The maximum Gasteiger partial charge on any atom is 0.258 e. The molecule has 0 aliphatic carbocycles. The second-order valence-electron chi connectivity index (χ2n) is 8.26. The first-order chi connectivity index (χ1) is 16.5. The molecule has 0 spiro atoms. The summed E-state index contributed by atoms with van der Waals surface area (Å²) in [5.41, 5.74) is 5.73. The van der Waals surface area contributed by atoms with Crippen LogP contribution in [0.4, 0.5) is 0 Å². The van der Waals surface area contributed by atoms with Crippen molar-refractivity contribution in [3.63, 3.8) is 0 Å². The molecule has 3 heterocycles. The number of benzene rings is 2. The molecule has 1 aliphatic heterocycles. The Morgan fingerprint density at radius 2 is 1.88 bits per heavy atom. The van der Waals surface area contributed by atoms with E-state index in [0.717, 1.165) is 40.0 Å². The van der Waals surface area contributed by atoms with Crippen LogP contribution in [0, 0.1) is 13.8 Å². The molecule has 174 valence electrons. The minimum atomic E-state index is -0.235. The van der Waals surface area contributed by atoms with Crippen molar-refractivity contribution in [2.24, 2.45) is 0 Å². The number of pyridine rings is 1. The highest BCUT2D eigenvalue weighted by Gasteiger charge is 2.17. The Kier molecular flexibility index (Phi) is 5.79. The van der Waals surface area contributed by atoms with Gasteiger partial charge in [0.05, 0.1) is 11.4 Å². The van der Waals surface area contributed by atoms with Crippen LogP contribution >= 0.6 is 0 Å². The number of ether oxygens (including phenoxy) is 3. The lowest BCUT2D eigenvalue weighted by atomic mass is 10.1. The van der Waals surface area contributed by atoms with Gasteiger partial charge in [0, 0.05) is 18.0 Å². The zero-order valence-corrected chi connectivity index (χ0v) is 19.4. The topological polar surface area (TPSA) is 87.5 Å². The van der Waals surface area contributed by atoms with Gasteiger partial charge in [-0.15, -0.1) is 0 Å². The summed E-state index contributed by atoms with van der Waals surface area (Å²) in [5.74, 6) is 1.57. The Morgan fingerprint density at radius 1 is 1.09 bits per heavy atom. The van der Waals surface area contributed by atoms with Crippen molar-refractivity contribution < 1.29 is 19.0 Å². The third-order valence-electron chi connectivity index (χ3n) is 5.81. The highest BCUT2D eigenvalue weighted by molar-refractivity contribution is 5.84. The lowest BCUT2D eigenvalue weighted by molar-refractivity contribution is -0.123. The van der Waals surface area contributed by atoms with Crippen molar-refractivity contribution in [1.29, 1.82) is 0 Å². The molecule has 8 heteroatoms. The van der Waals surface area contributed by atoms with E-state index in [1.54, 1.807) is 0 Å². The Hall–Kier alpha value is -4.07. The highest BCUT2D eigenvalue weighted by Crippen LogP contribution is 2.32. The van der Waals surface area contributed by atoms with E-state index < -0.39 is 0 Å². The Balaban J connectivity index is 1.31. The first-order valence-electron chi connectivity index (χ1n) is 11.3. The molecule has 2 aromatic heterocycles. The maximum atomic E-state index is 12.4. The monoisotopic (exact) mass is 458 g/mol. The molecule has 0 radical (unpaired) electrons. The summed E-state index contributed by atoms with van der Waals surface area (Å²) in [7, 11) is 0. The van der Waals surface area contributed by atoms with Gasteiger partial charge in [0.1, 0.15) is 0 Å². The van der Waals surface area contributed by atoms with Crippen molar-refractivity contribution in [3.05, 3.63) is 70.9 Å². The summed E-state index contributed by atoms with van der Waals surface area (Å²) >= 11 is 0. The lowest BCUT2D eigenvalue weighted by Gasteiger charge is -2.10. The third-order valence-corrected chi connectivity index (χ3v) is 5.81. The molecule has 0 saturated carbocycles. The number of carbonyl (C=O) groups excluding carboxylic acids is 1. The second kappa shape index (κ2) is 9.05. The van der Waals surface area contributed by atoms with Gasteiger partial charge >= 0.3 is 0 Å². The van der Waals surface area contributed by atoms with E-state index in [1.807, 2.05) is 67.1 Å². The van der Waals surface area contributed by atoms with Crippen molar-refractivity contribution in [3.8, 4) is 23.1 Å². The van der Waals surface area contributed by atoms with E-state index in [9.17, 15) is 4.79 Å². The number of hydrogen-bond donors (Lipinski definition) is 1. The van der Waals surface area contributed by atoms with Gasteiger partial charge in [-0.05, 0) is 55.7 Å². The van der Waals surface area contributed by atoms with Gasteiger partial charge in [-0.3, -0.25) is 4.79 Å². The molecule has 0 fully saturated rings. The molecular weight excluding hydrogens is 432 g/mol. The van der Waals surface area contributed by atoms with E-state index >= 15 is 0 Å². The summed E-state index contributed by atoms with van der Waals surface area (Å²) in [6, 6.07) is 15.6. The molecule has 8 nitrogen and oxygen atoms in total. The average Bonchev–Trinajstić information content (AvgIpc) is 3.45. The number of hydrogen-bond acceptors (Lipinski definition) is 6. The van der Waals surface area contributed by atoms with Crippen molar-refractivity contribution >= 4 is 16.9 Å². The third kappa shape index (κ3) is 4.26. The molecular formula is C26H26N4O4. The van der Waals surface area contributed by atoms with Gasteiger partial charge in [0.2, 0.25) is 12.7 Å². The zero-order valence-electron chi connectivity index (χ0n) is 19.4. The number of fused-ring (bicyclic) bond motifs is 2. The smallest absolute Gasteiger partial charge is 0.258 e. The van der Waals surface area contributed by atoms with Crippen molar-refractivity contribution in [2.45, 2.75) is 33.7 Å². The van der Waals surface area contributed by atoms with E-state index in [4.69, 9.17) is 24.3 Å². The number of nitrogens with one attached hydrogen (secondary N) is 1. The van der Waals surface area contributed by atoms with Gasteiger partial charge in [0.25, 0.3) is 5.91 Å². The summed E-state index contributed by atoms with van der Waals surface area (Å²) in [6.45, 7) is 6.57. The number of aromatic nitrogens is 3. The normalized spacial score (nSPS) is 12.2. The van der Waals surface area contributed by atoms with Crippen LogP contribution in [0.15, 0.2) is 48.5 Å². The first-order valence-corrected chi connectivity index (χ1v) is 11.3. The van der Waals surface area contributed by atoms with Gasteiger partial charge in [-0.25, -0.2) is 4.68 Å². The van der Waals surface area contributed by atoms with Crippen LogP contribution in [0.5, 0.6) is 17.4 Å². The molecule has 1 aliphatic rings. The second-order valence-corrected chi connectivity index (χ2v) is 8.26. The Morgan fingerprint density at radius 3 is 2.68 bits per heavy atom. The summed E-state index contributed by atoms with van der Waals surface area (Å²) in [5, 5.41) is 8.61. The van der Waals surface area contributed by atoms with Crippen LogP contribution in [-0.2, 0) is 17.8 Å². The van der Waals surface area contributed by atoms with Crippen molar-refractivity contribution in [2.75, 3.05) is 13.4 Å². The van der Waals surface area contributed by atoms with Crippen LogP contribution < -0.4 is 19.5 Å². The SMILES string of the molecule is CCc1cc(OCC(=O)NCc2ccc3c(c2)OCO3)nc2c1c(C)nn2-c1ccc(C)cc1. The fourth-order valence-electron chi connectivity index (χ4n) is 4.01. The van der Waals surface area contributed by atoms with Gasteiger partial charge < -0.3 is 19.5 Å². The molecule has 1 amide bonds. The average molecular weight is 459 g/mol. The van der Waals surface area contributed by atoms with Gasteiger partial charge in [0.15, 0.2) is 23.8 Å². The Labute approximate surface area is 197 Å².